The topological polar surface area (TPSA) is 125 Å². The average Bonchev–Trinajstić information content (AvgIpc) is 3.46. The van der Waals surface area contributed by atoms with E-state index in [1.54, 1.807) is 6.20 Å². The standard InChI is InChI=1S/C29H25N7O/c30-26-21(3-1-14-32-26)27-35-24-11-10-22(17-4-9-23-18(15-17)16-25(37)33-23)34-28(24)36(27)20-7-5-19(6-8-20)29(31)12-2-13-29/h1,3-11,14-15H,2,12-13,16,31H2,(H2,30,32)(H,33,37). The molecule has 37 heavy (non-hydrogen) atoms. The van der Waals surface area contributed by atoms with Gasteiger partial charge in [-0.1, -0.05) is 18.2 Å². The molecule has 2 aliphatic rings. The van der Waals surface area contributed by atoms with E-state index in [-0.39, 0.29) is 11.4 Å². The SMILES string of the molecule is Nc1ncccc1-c1nc2ccc(-c3ccc4c(c3)CC(=O)N4)nc2n1-c1ccc(C2(N)CCC2)cc1. The number of imidazole rings is 1. The molecule has 1 aliphatic heterocycles. The fourth-order valence-corrected chi connectivity index (χ4v) is 5.33. The third-order valence-corrected chi connectivity index (χ3v) is 7.56. The van der Waals surface area contributed by atoms with Gasteiger partial charge in [-0.3, -0.25) is 9.36 Å². The number of aromatic nitrogens is 4. The number of hydrogen-bond donors (Lipinski definition) is 3. The molecule has 0 atom stereocenters. The van der Waals surface area contributed by atoms with Gasteiger partial charge in [0, 0.05) is 28.7 Å². The van der Waals surface area contributed by atoms with Crippen molar-refractivity contribution in [3.8, 4) is 28.3 Å². The van der Waals surface area contributed by atoms with Crippen molar-refractivity contribution in [2.45, 2.75) is 31.2 Å². The molecular formula is C29H25N7O. The Kier molecular flexibility index (Phi) is 4.68. The van der Waals surface area contributed by atoms with Crippen LogP contribution in [-0.4, -0.2) is 25.4 Å². The van der Waals surface area contributed by atoms with Crippen LogP contribution in [0, 0.1) is 0 Å². The highest BCUT2D eigenvalue weighted by Gasteiger charge is 2.34. The summed E-state index contributed by atoms with van der Waals surface area (Å²) in [5.41, 5.74) is 20.5. The fraction of sp³-hybridized carbons (Fsp3) is 0.172. The number of benzene rings is 2. The van der Waals surface area contributed by atoms with E-state index in [4.69, 9.17) is 21.4 Å². The first-order chi connectivity index (χ1) is 18.0. The first kappa shape index (κ1) is 21.7. The number of rotatable bonds is 4. The van der Waals surface area contributed by atoms with Gasteiger partial charge in [0.15, 0.2) is 11.5 Å². The van der Waals surface area contributed by atoms with Crippen LogP contribution in [-0.2, 0) is 16.8 Å². The largest absolute Gasteiger partial charge is 0.383 e. The molecule has 0 bridgehead atoms. The van der Waals surface area contributed by atoms with Crippen molar-refractivity contribution in [1.82, 2.24) is 19.5 Å². The minimum atomic E-state index is -0.235. The molecule has 4 heterocycles. The average molecular weight is 488 g/mol. The van der Waals surface area contributed by atoms with E-state index in [0.717, 1.165) is 64.1 Å². The lowest BCUT2D eigenvalue weighted by molar-refractivity contribution is -0.115. The molecule has 1 fully saturated rings. The van der Waals surface area contributed by atoms with Gasteiger partial charge in [-0.25, -0.2) is 15.0 Å². The van der Waals surface area contributed by atoms with E-state index < -0.39 is 0 Å². The Balaban J connectivity index is 1.40. The third-order valence-electron chi connectivity index (χ3n) is 7.56. The highest BCUT2D eigenvalue weighted by atomic mass is 16.1. The number of hydrogen-bond acceptors (Lipinski definition) is 6. The number of fused-ring (bicyclic) bond motifs is 2. The fourth-order valence-electron chi connectivity index (χ4n) is 5.33. The molecular weight excluding hydrogens is 462 g/mol. The number of anilines is 2. The van der Waals surface area contributed by atoms with Crippen molar-refractivity contribution in [3.05, 3.63) is 84.1 Å². The molecule has 0 saturated heterocycles. The minimum Gasteiger partial charge on any atom is -0.383 e. The normalized spacial score (nSPS) is 15.9. The first-order valence-electron chi connectivity index (χ1n) is 12.4. The van der Waals surface area contributed by atoms with Crippen molar-refractivity contribution in [3.63, 3.8) is 0 Å². The number of amides is 1. The van der Waals surface area contributed by atoms with Crippen molar-refractivity contribution in [2.75, 3.05) is 11.1 Å². The van der Waals surface area contributed by atoms with E-state index in [2.05, 4.69) is 34.6 Å². The molecule has 0 spiro atoms. The number of nitrogens with zero attached hydrogens (tertiary/aromatic N) is 4. The van der Waals surface area contributed by atoms with E-state index in [1.165, 1.54) is 0 Å². The Morgan fingerprint density at radius 2 is 1.81 bits per heavy atom. The summed E-state index contributed by atoms with van der Waals surface area (Å²) in [7, 11) is 0. The molecule has 1 amide bonds. The number of nitrogens with one attached hydrogen (secondary N) is 1. The van der Waals surface area contributed by atoms with Gasteiger partial charge in [-0.15, -0.1) is 0 Å². The maximum absolute atomic E-state index is 11.8. The quantitative estimate of drug-likeness (QED) is 0.341. The number of carbonyl (C=O) groups is 1. The smallest absolute Gasteiger partial charge is 0.228 e. The van der Waals surface area contributed by atoms with Gasteiger partial charge in [0.05, 0.1) is 17.7 Å². The van der Waals surface area contributed by atoms with Gasteiger partial charge < -0.3 is 16.8 Å². The molecule has 8 heteroatoms. The maximum atomic E-state index is 11.8. The van der Waals surface area contributed by atoms with Gasteiger partial charge in [-0.2, -0.15) is 0 Å². The Hall–Kier alpha value is -4.56. The van der Waals surface area contributed by atoms with Crippen molar-refractivity contribution in [1.29, 1.82) is 0 Å². The number of nitrogens with two attached hydrogens (primary N) is 2. The van der Waals surface area contributed by atoms with E-state index in [1.807, 2.05) is 47.0 Å². The van der Waals surface area contributed by atoms with Crippen molar-refractivity contribution in [2.24, 2.45) is 5.73 Å². The van der Waals surface area contributed by atoms with E-state index in [9.17, 15) is 4.79 Å². The van der Waals surface area contributed by atoms with Crippen molar-refractivity contribution < 1.29 is 4.79 Å². The molecule has 182 valence electrons. The zero-order valence-electron chi connectivity index (χ0n) is 20.1. The monoisotopic (exact) mass is 487 g/mol. The number of carbonyl (C=O) groups excluding carboxylic acids is 1. The first-order valence-corrected chi connectivity index (χ1v) is 12.4. The zero-order valence-corrected chi connectivity index (χ0v) is 20.1. The molecule has 0 radical (unpaired) electrons. The molecule has 7 rings (SSSR count). The summed E-state index contributed by atoms with van der Waals surface area (Å²) in [6, 6.07) is 22.0. The predicted octanol–water partition coefficient (Wildman–Crippen LogP) is 4.56. The summed E-state index contributed by atoms with van der Waals surface area (Å²) in [6.07, 6.45) is 5.22. The lowest BCUT2D eigenvalue weighted by Crippen LogP contribution is -2.43. The molecule has 8 nitrogen and oxygen atoms in total. The summed E-state index contributed by atoms with van der Waals surface area (Å²) < 4.78 is 2.03. The Labute approximate surface area is 213 Å². The highest BCUT2D eigenvalue weighted by molar-refractivity contribution is 5.99. The lowest BCUT2D eigenvalue weighted by Gasteiger charge is -2.38. The van der Waals surface area contributed by atoms with Crippen LogP contribution < -0.4 is 16.8 Å². The van der Waals surface area contributed by atoms with Crippen LogP contribution in [0.25, 0.3) is 39.5 Å². The Bertz CT molecular complexity index is 1700. The van der Waals surface area contributed by atoms with Crippen LogP contribution in [0.4, 0.5) is 11.5 Å². The van der Waals surface area contributed by atoms with Crippen LogP contribution in [0.5, 0.6) is 0 Å². The van der Waals surface area contributed by atoms with E-state index in [0.29, 0.717) is 23.7 Å². The summed E-state index contributed by atoms with van der Waals surface area (Å²) in [6.45, 7) is 0. The van der Waals surface area contributed by atoms with Gasteiger partial charge in [0.1, 0.15) is 11.3 Å². The minimum absolute atomic E-state index is 0.0111. The summed E-state index contributed by atoms with van der Waals surface area (Å²) in [5, 5.41) is 2.89. The van der Waals surface area contributed by atoms with Gasteiger partial charge in [0.2, 0.25) is 5.91 Å². The van der Waals surface area contributed by atoms with E-state index >= 15 is 0 Å². The van der Waals surface area contributed by atoms with Crippen LogP contribution in [0.2, 0.25) is 0 Å². The Morgan fingerprint density at radius 1 is 0.973 bits per heavy atom. The molecule has 5 N–H and O–H groups in total. The second kappa shape index (κ2) is 7.97. The summed E-state index contributed by atoms with van der Waals surface area (Å²) in [4.78, 5) is 26.1. The van der Waals surface area contributed by atoms with Gasteiger partial charge in [0.25, 0.3) is 0 Å². The number of nitrogen functional groups attached to an aromatic ring is 1. The van der Waals surface area contributed by atoms with Crippen LogP contribution in [0.15, 0.2) is 72.9 Å². The molecule has 0 unspecified atom stereocenters. The Morgan fingerprint density at radius 3 is 2.57 bits per heavy atom. The van der Waals surface area contributed by atoms with Crippen LogP contribution in [0.1, 0.15) is 30.4 Å². The second-order valence-electron chi connectivity index (χ2n) is 9.90. The summed E-state index contributed by atoms with van der Waals surface area (Å²) >= 11 is 0. The molecule has 3 aromatic heterocycles. The van der Waals surface area contributed by atoms with Gasteiger partial charge in [-0.05, 0) is 78.9 Å². The lowest BCUT2D eigenvalue weighted by atomic mass is 9.73. The third kappa shape index (κ3) is 3.48. The number of pyridine rings is 2. The van der Waals surface area contributed by atoms with Gasteiger partial charge >= 0.3 is 0 Å². The maximum Gasteiger partial charge on any atom is 0.228 e. The zero-order chi connectivity index (χ0) is 25.1. The molecule has 2 aromatic carbocycles. The second-order valence-corrected chi connectivity index (χ2v) is 9.90. The highest BCUT2D eigenvalue weighted by Crippen LogP contribution is 2.39. The summed E-state index contributed by atoms with van der Waals surface area (Å²) in [5.74, 6) is 1.09. The molecule has 1 aliphatic carbocycles. The molecule has 5 aromatic rings. The van der Waals surface area contributed by atoms with Crippen LogP contribution in [0.3, 0.4) is 0 Å². The van der Waals surface area contributed by atoms with Crippen LogP contribution >= 0.6 is 0 Å². The predicted molar refractivity (Wildman–Crippen MR) is 144 cm³/mol. The molecule has 1 saturated carbocycles. The van der Waals surface area contributed by atoms with Crippen molar-refractivity contribution >= 4 is 28.6 Å².